The van der Waals surface area contributed by atoms with Crippen molar-refractivity contribution < 1.29 is 0 Å². The van der Waals surface area contributed by atoms with Crippen molar-refractivity contribution in [1.29, 1.82) is 5.41 Å². The quantitative estimate of drug-likeness (QED) is 0.547. The van der Waals surface area contributed by atoms with Gasteiger partial charge in [-0.15, -0.1) is 0 Å². The van der Waals surface area contributed by atoms with E-state index in [0.29, 0.717) is 11.4 Å². The number of rotatable bonds is 6. The first kappa shape index (κ1) is 17.2. The molecular formula is C22H22N2. The molecule has 0 saturated carbocycles. The third kappa shape index (κ3) is 4.43. The molecule has 0 bridgehead atoms. The van der Waals surface area contributed by atoms with Crippen LogP contribution in [0, 0.1) is 5.41 Å². The summed E-state index contributed by atoms with van der Waals surface area (Å²) in [6.45, 7) is 5.60. The molecule has 0 aliphatic heterocycles. The molecule has 0 amide bonds. The van der Waals surface area contributed by atoms with Crippen LogP contribution in [0.15, 0.2) is 97.1 Å². The highest BCUT2D eigenvalue weighted by atomic mass is 14.6. The standard InChI is InChI=1S/C22H22N2/c1-3-8-19(9-4-2)21(23)16-22(24)20-14-12-18(13-15-20)17-10-6-5-7-11-17/h3-16,23H,1,24H2,2H3/b9-4-,19-8+,22-16-,23-21?. The van der Waals surface area contributed by atoms with Gasteiger partial charge in [-0.1, -0.05) is 85.5 Å². The fourth-order valence-electron chi connectivity index (χ4n) is 2.35. The zero-order chi connectivity index (χ0) is 17.4. The van der Waals surface area contributed by atoms with Crippen molar-refractivity contribution in [2.45, 2.75) is 6.92 Å². The van der Waals surface area contributed by atoms with Crippen LogP contribution in [0.4, 0.5) is 0 Å². The van der Waals surface area contributed by atoms with E-state index in [0.717, 1.165) is 16.7 Å². The van der Waals surface area contributed by atoms with E-state index in [1.54, 1.807) is 18.2 Å². The number of nitrogens with one attached hydrogen (secondary N) is 1. The summed E-state index contributed by atoms with van der Waals surface area (Å²) < 4.78 is 0. The second-order valence-electron chi connectivity index (χ2n) is 5.31. The molecule has 0 aliphatic rings. The van der Waals surface area contributed by atoms with Gasteiger partial charge in [-0.2, -0.15) is 0 Å². The Labute approximate surface area is 143 Å². The molecule has 0 unspecified atom stereocenters. The van der Waals surface area contributed by atoms with Crippen LogP contribution in [0.2, 0.25) is 0 Å². The van der Waals surface area contributed by atoms with Crippen molar-refractivity contribution in [2.75, 3.05) is 0 Å². The normalized spacial score (nSPS) is 12.4. The van der Waals surface area contributed by atoms with Crippen molar-refractivity contribution in [3.63, 3.8) is 0 Å². The van der Waals surface area contributed by atoms with Gasteiger partial charge in [0.15, 0.2) is 0 Å². The summed E-state index contributed by atoms with van der Waals surface area (Å²) in [7, 11) is 0. The highest BCUT2D eigenvalue weighted by Crippen LogP contribution is 2.21. The lowest BCUT2D eigenvalue weighted by Gasteiger charge is -2.06. The molecule has 2 heteroatoms. The Balaban J connectivity index is 2.23. The number of allylic oxidation sites excluding steroid dienone is 6. The molecule has 0 aliphatic carbocycles. The Morgan fingerprint density at radius 3 is 2.21 bits per heavy atom. The SMILES string of the molecule is C=C/C=C(\C=C/C)C(=N)/C=C(\N)c1ccc(-c2ccccc2)cc1. The molecule has 2 nitrogen and oxygen atoms in total. The predicted molar refractivity (Wildman–Crippen MR) is 105 cm³/mol. The Hall–Kier alpha value is -3.13. The lowest BCUT2D eigenvalue weighted by Crippen LogP contribution is -2.02. The van der Waals surface area contributed by atoms with Crippen molar-refractivity contribution >= 4 is 11.4 Å². The van der Waals surface area contributed by atoms with Crippen molar-refractivity contribution in [3.8, 4) is 11.1 Å². The highest BCUT2D eigenvalue weighted by molar-refractivity contribution is 6.11. The van der Waals surface area contributed by atoms with Gasteiger partial charge in [0.25, 0.3) is 0 Å². The molecule has 24 heavy (non-hydrogen) atoms. The van der Waals surface area contributed by atoms with Crippen LogP contribution in [0.25, 0.3) is 16.8 Å². The molecule has 0 saturated heterocycles. The first-order valence-electron chi connectivity index (χ1n) is 7.83. The maximum absolute atomic E-state index is 8.19. The molecule has 2 rings (SSSR count). The second-order valence-corrected chi connectivity index (χ2v) is 5.31. The van der Waals surface area contributed by atoms with Gasteiger partial charge in [0, 0.05) is 5.70 Å². The summed E-state index contributed by atoms with van der Waals surface area (Å²) in [5.74, 6) is 0. The van der Waals surface area contributed by atoms with Gasteiger partial charge >= 0.3 is 0 Å². The number of nitrogens with two attached hydrogens (primary N) is 1. The lowest BCUT2D eigenvalue weighted by atomic mass is 10.0. The van der Waals surface area contributed by atoms with Gasteiger partial charge in [-0.05, 0) is 35.3 Å². The molecule has 0 radical (unpaired) electrons. The van der Waals surface area contributed by atoms with E-state index in [4.69, 9.17) is 11.1 Å². The van der Waals surface area contributed by atoms with E-state index in [-0.39, 0.29) is 0 Å². The van der Waals surface area contributed by atoms with Crippen LogP contribution in [0.3, 0.4) is 0 Å². The molecule has 3 N–H and O–H groups in total. The third-order valence-electron chi connectivity index (χ3n) is 3.58. The molecule has 0 spiro atoms. The highest BCUT2D eigenvalue weighted by Gasteiger charge is 2.03. The first-order chi connectivity index (χ1) is 11.7. The van der Waals surface area contributed by atoms with E-state index in [1.807, 2.05) is 61.5 Å². The van der Waals surface area contributed by atoms with E-state index < -0.39 is 0 Å². The summed E-state index contributed by atoms with van der Waals surface area (Å²) >= 11 is 0. The summed E-state index contributed by atoms with van der Waals surface area (Å²) in [4.78, 5) is 0. The first-order valence-corrected chi connectivity index (χ1v) is 7.83. The van der Waals surface area contributed by atoms with E-state index in [1.165, 1.54) is 5.56 Å². The summed E-state index contributed by atoms with van der Waals surface area (Å²) in [6, 6.07) is 18.2. The molecule has 120 valence electrons. The maximum Gasteiger partial charge on any atom is 0.0632 e. The molecule has 2 aromatic rings. The lowest BCUT2D eigenvalue weighted by molar-refractivity contribution is 1.47. The minimum absolute atomic E-state index is 0.359. The Kier molecular flexibility index (Phi) is 6.09. The summed E-state index contributed by atoms with van der Waals surface area (Å²) in [5, 5.41) is 8.19. The van der Waals surface area contributed by atoms with Gasteiger partial charge in [-0.3, -0.25) is 0 Å². The number of hydrogen-bond acceptors (Lipinski definition) is 2. The fourth-order valence-corrected chi connectivity index (χ4v) is 2.35. The summed E-state index contributed by atoms with van der Waals surface area (Å²) in [6.07, 6.45) is 8.90. The van der Waals surface area contributed by atoms with Crippen LogP contribution in [0.1, 0.15) is 12.5 Å². The Morgan fingerprint density at radius 2 is 1.62 bits per heavy atom. The number of benzene rings is 2. The third-order valence-corrected chi connectivity index (χ3v) is 3.58. The van der Waals surface area contributed by atoms with Crippen LogP contribution in [0.5, 0.6) is 0 Å². The van der Waals surface area contributed by atoms with E-state index in [9.17, 15) is 0 Å². The van der Waals surface area contributed by atoms with Crippen molar-refractivity contribution in [3.05, 3.63) is 103 Å². The van der Waals surface area contributed by atoms with Gasteiger partial charge in [-0.25, -0.2) is 0 Å². The molecule has 2 aromatic carbocycles. The topological polar surface area (TPSA) is 49.9 Å². The van der Waals surface area contributed by atoms with Gasteiger partial charge in [0.05, 0.1) is 5.71 Å². The van der Waals surface area contributed by atoms with Crippen LogP contribution >= 0.6 is 0 Å². The average molecular weight is 314 g/mol. The van der Waals surface area contributed by atoms with Gasteiger partial charge < -0.3 is 11.1 Å². The summed E-state index contributed by atoms with van der Waals surface area (Å²) in [5.41, 5.74) is 11.1. The Morgan fingerprint density at radius 1 is 1.00 bits per heavy atom. The van der Waals surface area contributed by atoms with E-state index >= 15 is 0 Å². The zero-order valence-electron chi connectivity index (χ0n) is 13.9. The molecule has 0 aromatic heterocycles. The minimum Gasteiger partial charge on any atom is -0.398 e. The maximum atomic E-state index is 8.19. The van der Waals surface area contributed by atoms with Crippen molar-refractivity contribution in [1.82, 2.24) is 0 Å². The van der Waals surface area contributed by atoms with Crippen LogP contribution in [-0.4, -0.2) is 5.71 Å². The smallest absolute Gasteiger partial charge is 0.0632 e. The molecule has 0 heterocycles. The zero-order valence-corrected chi connectivity index (χ0v) is 13.9. The largest absolute Gasteiger partial charge is 0.398 e. The molecule has 0 atom stereocenters. The van der Waals surface area contributed by atoms with Crippen LogP contribution in [-0.2, 0) is 0 Å². The molecule has 0 fully saturated rings. The fraction of sp³-hybridized carbons (Fsp3) is 0.0455. The second kappa shape index (κ2) is 8.49. The van der Waals surface area contributed by atoms with Gasteiger partial charge in [0.2, 0.25) is 0 Å². The number of hydrogen-bond donors (Lipinski definition) is 2. The monoisotopic (exact) mass is 314 g/mol. The predicted octanol–water partition coefficient (Wildman–Crippen LogP) is 5.36. The van der Waals surface area contributed by atoms with Crippen LogP contribution < -0.4 is 5.73 Å². The van der Waals surface area contributed by atoms with Crippen molar-refractivity contribution in [2.24, 2.45) is 5.73 Å². The van der Waals surface area contributed by atoms with E-state index in [2.05, 4.69) is 18.7 Å². The van der Waals surface area contributed by atoms with Gasteiger partial charge in [0.1, 0.15) is 0 Å². The minimum atomic E-state index is 0.359. The average Bonchev–Trinajstić information content (AvgIpc) is 2.62. The Bertz CT molecular complexity index is 792. The molecular weight excluding hydrogens is 292 g/mol.